The largest absolute Gasteiger partial charge is 0.348 e. The summed E-state index contributed by atoms with van der Waals surface area (Å²) in [4.78, 5) is 11.2. The molecule has 2 rings (SSSR count). The minimum atomic E-state index is -0.0256. The van der Waals surface area contributed by atoms with Gasteiger partial charge in [0.15, 0.2) is 0 Å². The molecule has 0 spiro atoms. The molecule has 12 heavy (non-hydrogen) atoms. The van der Waals surface area contributed by atoms with E-state index in [9.17, 15) is 4.79 Å². The van der Waals surface area contributed by atoms with Gasteiger partial charge in [0, 0.05) is 16.6 Å². The molecule has 1 N–H and O–H groups in total. The van der Waals surface area contributed by atoms with E-state index >= 15 is 0 Å². The highest BCUT2D eigenvalue weighted by Crippen LogP contribution is 2.28. The molecule has 1 aromatic rings. The quantitative estimate of drug-likeness (QED) is 0.748. The number of benzene rings is 1. The Morgan fingerprint density at radius 2 is 2.25 bits per heavy atom. The zero-order valence-corrected chi connectivity index (χ0v) is 8.37. The first kappa shape index (κ1) is 8.08. The van der Waals surface area contributed by atoms with E-state index in [0.29, 0.717) is 17.1 Å². The minimum absolute atomic E-state index is 0.0256. The van der Waals surface area contributed by atoms with Crippen molar-refractivity contribution in [1.82, 2.24) is 5.32 Å². The second-order valence-electron chi connectivity index (χ2n) is 2.61. The molecule has 1 aliphatic rings. The fourth-order valence-electron chi connectivity index (χ4n) is 1.22. The molecule has 1 aliphatic heterocycles. The summed E-state index contributed by atoms with van der Waals surface area (Å²) in [6, 6.07) is 3.55. The van der Waals surface area contributed by atoms with Gasteiger partial charge in [-0.05, 0) is 33.6 Å². The van der Waals surface area contributed by atoms with E-state index in [-0.39, 0.29) is 5.91 Å². The highest BCUT2D eigenvalue weighted by atomic mass is 79.9. The van der Waals surface area contributed by atoms with Gasteiger partial charge in [-0.2, -0.15) is 0 Å². The van der Waals surface area contributed by atoms with Crippen molar-refractivity contribution in [2.24, 2.45) is 0 Å². The maximum atomic E-state index is 11.2. The predicted molar refractivity (Wildman–Crippen MR) is 50.3 cm³/mol. The Labute approximate surface area is 83.0 Å². The Bertz CT molecular complexity index is 364. The lowest BCUT2D eigenvalue weighted by molar-refractivity contribution is 0.0965. The SMILES string of the molecule is O=C1NCc2cc(Cl)c(Br)cc21. The topological polar surface area (TPSA) is 29.1 Å². The van der Waals surface area contributed by atoms with Crippen LogP contribution in [0.2, 0.25) is 5.02 Å². The summed E-state index contributed by atoms with van der Waals surface area (Å²) in [5, 5.41) is 3.36. The van der Waals surface area contributed by atoms with Crippen LogP contribution in [-0.2, 0) is 6.54 Å². The van der Waals surface area contributed by atoms with Gasteiger partial charge in [0.05, 0.1) is 5.02 Å². The maximum absolute atomic E-state index is 11.2. The van der Waals surface area contributed by atoms with E-state index in [1.807, 2.05) is 0 Å². The van der Waals surface area contributed by atoms with E-state index in [0.717, 1.165) is 10.0 Å². The number of fused-ring (bicyclic) bond motifs is 1. The third-order valence-corrected chi connectivity index (χ3v) is 3.03. The third-order valence-electron chi connectivity index (χ3n) is 1.83. The summed E-state index contributed by atoms with van der Waals surface area (Å²) in [5.41, 5.74) is 1.68. The van der Waals surface area contributed by atoms with Crippen molar-refractivity contribution in [1.29, 1.82) is 0 Å². The van der Waals surface area contributed by atoms with Crippen molar-refractivity contribution < 1.29 is 4.79 Å². The summed E-state index contributed by atoms with van der Waals surface area (Å²) in [7, 11) is 0. The Hall–Kier alpha value is -0.540. The van der Waals surface area contributed by atoms with Crippen molar-refractivity contribution in [2.75, 3.05) is 0 Å². The molecule has 0 unspecified atom stereocenters. The first-order valence-corrected chi connectivity index (χ1v) is 4.61. The van der Waals surface area contributed by atoms with E-state index < -0.39 is 0 Å². The lowest BCUT2D eigenvalue weighted by atomic mass is 10.1. The first-order valence-electron chi connectivity index (χ1n) is 3.44. The van der Waals surface area contributed by atoms with Gasteiger partial charge in [-0.25, -0.2) is 0 Å². The summed E-state index contributed by atoms with van der Waals surface area (Å²) in [5.74, 6) is -0.0256. The molecule has 1 aromatic carbocycles. The van der Waals surface area contributed by atoms with Crippen LogP contribution in [0.4, 0.5) is 0 Å². The molecule has 0 atom stereocenters. The fraction of sp³-hybridized carbons (Fsp3) is 0.125. The van der Waals surface area contributed by atoms with Crippen molar-refractivity contribution in [3.05, 3.63) is 32.8 Å². The van der Waals surface area contributed by atoms with E-state index in [4.69, 9.17) is 11.6 Å². The second kappa shape index (κ2) is 2.75. The van der Waals surface area contributed by atoms with Crippen LogP contribution in [0.3, 0.4) is 0 Å². The van der Waals surface area contributed by atoms with Gasteiger partial charge in [0.2, 0.25) is 0 Å². The molecule has 62 valence electrons. The van der Waals surface area contributed by atoms with Gasteiger partial charge >= 0.3 is 0 Å². The molecule has 2 nitrogen and oxygen atoms in total. The molecule has 0 radical (unpaired) electrons. The van der Waals surface area contributed by atoms with Gasteiger partial charge in [0.25, 0.3) is 5.91 Å². The van der Waals surface area contributed by atoms with Gasteiger partial charge in [0.1, 0.15) is 0 Å². The van der Waals surface area contributed by atoms with Gasteiger partial charge in [-0.15, -0.1) is 0 Å². The van der Waals surface area contributed by atoms with Crippen LogP contribution < -0.4 is 5.32 Å². The van der Waals surface area contributed by atoms with Crippen LogP contribution in [0.15, 0.2) is 16.6 Å². The molecule has 0 bridgehead atoms. The number of amides is 1. The summed E-state index contributed by atoms with van der Waals surface area (Å²) in [6.45, 7) is 0.584. The number of nitrogens with one attached hydrogen (secondary N) is 1. The lowest BCUT2D eigenvalue weighted by Gasteiger charge is -1.98. The minimum Gasteiger partial charge on any atom is -0.348 e. The molecule has 0 saturated heterocycles. The van der Waals surface area contributed by atoms with Crippen LogP contribution in [0.1, 0.15) is 15.9 Å². The van der Waals surface area contributed by atoms with Crippen LogP contribution in [0, 0.1) is 0 Å². The number of carbonyl (C=O) groups is 1. The van der Waals surface area contributed by atoms with E-state index in [1.54, 1.807) is 12.1 Å². The van der Waals surface area contributed by atoms with Crippen LogP contribution in [-0.4, -0.2) is 5.91 Å². The highest BCUT2D eigenvalue weighted by molar-refractivity contribution is 9.10. The molecule has 0 aromatic heterocycles. The number of carbonyl (C=O) groups excluding carboxylic acids is 1. The first-order chi connectivity index (χ1) is 5.68. The molecule has 1 amide bonds. The Morgan fingerprint density at radius 1 is 1.50 bits per heavy atom. The Balaban J connectivity index is 2.63. The molecule has 4 heteroatoms. The smallest absolute Gasteiger partial charge is 0.251 e. The highest BCUT2D eigenvalue weighted by Gasteiger charge is 2.19. The Morgan fingerprint density at radius 3 is 3.00 bits per heavy atom. The average Bonchev–Trinajstić information content (AvgIpc) is 2.35. The monoisotopic (exact) mass is 245 g/mol. The summed E-state index contributed by atoms with van der Waals surface area (Å²) >= 11 is 9.12. The van der Waals surface area contributed by atoms with Crippen LogP contribution in [0.5, 0.6) is 0 Å². The summed E-state index contributed by atoms with van der Waals surface area (Å²) in [6.07, 6.45) is 0. The van der Waals surface area contributed by atoms with Crippen molar-refractivity contribution in [3.8, 4) is 0 Å². The lowest BCUT2D eigenvalue weighted by Crippen LogP contribution is -2.12. The number of rotatable bonds is 0. The third kappa shape index (κ3) is 1.13. The Kier molecular flexibility index (Phi) is 1.85. The molecule has 0 aliphatic carbocycles. The molecule has 0 saturated carbocycles. The van der Waals surface area contributed by atoms with Crippen molar-refractivity contribution in [3.63, 3.8) is 0 Å². The van der Waals surface area contributed by atoms with Gasteiger partial charge in [-0.3, -0.25) is 4.79 Å². The predicted octanol–water partition coefficient (Wildman–Crippen LogP) is 2.35. The van der Waals surface area contributed by atoms with Crippen molar-refractivity contribution in [2.45, 2.75) is 6.54 Å². The molecule has 1 heterocycles. The van der Waals surface area contributed by atoms with Crippen molar-refractivity contribution >= 4 is 33.4 Å². The summed E-state index contributed by atoms with van der Waals surface area (Å²) < 4.78 is 0.764. The molecule has 0 fully saturated rings. The zero-order chi connectivity index (χ0) is 8.72. The van der Waals surface area contributed by atoms with E-state index in [2.05, 4.69) is 21.2 Å². The number of hydrogen-bond donors (Lipinski definition) is 1. The number of halogens is 2. The zero-order valence-electron chi connectivity index (χ0n) is 6.03. The van der Waals surface area contributed by atoms with Gasteiger partial charge in [-0.1, -0.05) is 11.6 Å². The van der Waals surface area contributed by atoms with Crippen LogP contribution >= 0.6 is 27.5 Å². The maximum Gasteiger partial charge on any atom is 0.251 e. The van der Waals surface area contributed by atoms with E-state index in [1.165, 1.54) is 0 Å². The standard InChI is InChI=1S/C8H5BrClNO/c9-6-2-5-4(1-7(6)10)3-11-8(5)12/h1-2H,3H2,(H,11,12). The fourth-order valence-corrected chi connectivity index (χ4v) is 1.75. The average molecular weight is 246 g/mol. The second-order valence-corrected chi connectivity index (χ2v) is 3.87. The molecular formula is C8H5BrClNO. The van der Waals surface area contributed by atoms with Gasteiger partial charge < -0.3 is 5.32 Å². The normalized spacial score (nSPS) is 14.3. The molecular weight excluding hydrogens is 241 g/mol. The van der Waals surface area contributed by atoms with Crippen LogP contribution in [0.25, 0.3) is 0 Å². The number of hydrogen-bond acceptors (Lipinski definition) is 1.